The van der Waals surface area contributed by atoms with Gasteiger partial charge in [0.25, 0.3) is 5.91 Å². The van der Waals surface area contributed by atoms with Crippen molar-refractivity contribution in [2.45, 2.75) is 32.7 Å². The Morgan fingerprint density at radius 3 is 2.75 bits per heavy atom. The Hall–Kier alpha value is -2.82. The summed E-state index contributed by atoms with van der Waals surface area (Å²) in [6, 6.07) is 10.2. The van der Waals surface area contributed by atoms with Gasteiger partial charge in [0.05, 0.1) is 11.2 Å². The third-order valence-electron chi connectivity index (χ3n) is 4.47. The topological polar surface area (TPSA) is 72.9 Å². The summed E-state index contributed by atoms with van der Waals surface area (Å²) in [6.45, 7) is 3.98. The number of nitrogens with two attached hydrogens (primary N) is 1. The van der Waals surface area contributed by atoms with E-state index in [4.69, 9.17) is 5.73 Å². The van der Waals surface area contributed by atoms with Gasteiger partial charge in [0, 0.05) is 17.3 Å². The third kappa shape index (κ3) is 2.52. The molecular formula is C19H20N4O. The molecule has 0 bridgehead atoms. The monoisotopic (exact) mass is 320 g/mol. The van der Waals surface area contributed by atoms with Crippen molar-refractivity contribution in [1.82, 2.24) is 14.9 Å². The fourth-order valence-electron chi connectivity index (χ4n) is 3.04. The predicted molar refractivity (Wildman–Crippen MR) is 95.4 cm³/mol. The Balaban J connectivity index is 1.74. The zero-order chi connectivity index (χ0) is 16.8. The summed E-state index contributed by atoms with van der Waals surface area (Å²) in [7, 11) is 0. The summed E-state index contributed by atoms with van der Waals surface area (Å²) in [5, 5.41) is 3.04. The largest absolute Gasteiger partial charge is 0.397 e. The van der Waals surface area contributed by atoms with Crippen LogP contribution in [0.1, 0.15) is 34.3 Å². The number of aromatic nitrogens is 2. The molecule has 1 aromatic heterocycles. The van der Waals surface area contributed by atoms with Crippen LogP contribution in [0.4, 0.5) is 5.69 Å². The Morgan fingerprint density at radius 2 is 2.04 bits per heavy atom. The first-order valence-corrected chi connectivity index (χ1v) is 8.18. The molecule has 4 rings (SSSR count). The molecular weight excluding hydrogens is 300 g/mol. The molecule has 1 aliphatic carbocycles. The summed E-state index contributed by atoms with van der Waals surface area (Å²) in [6.07, 6.45) is 3.95. The summed E-state index contributed by atoms with van der Waals surface area (Å²) >= 11 is 0. The van der Waals surface area contributed by atoms with Crippen LogP contribution in [-0.2, 0) is 0 Å². The quantitative estimate of drug-likeness (QED) is 0.728. The molecule has 2 aromatic carbocycles. The van der Waals surface area contributed by atoms with Gasteiger partial charge in [-0.15, -0.1) is 0 Å². The standard InChI is InChI=1S/C19H20N4O/c1-11-7-16(20)18-17(8-11)23(10-21-18)14-5-6-15(12(2)9-14)19(24)22-13-3-4-13/h5-10,13H,3-4,20H2,1-2H3,(H,22,24). The van der Waals surface area contributed by atoms with Crippen LogP contribution in [0, 0.1) is 13.8 Å². The molecule has 0 spiro atoms. The molecule has 0 aliphatic heterocycles. The van der Waals surface area contributed by atoms with Crippen molar-refractivity contribution in [3.05, 3.63) is 53.3 Å². The Labute approximate surface area is 140 Å². The third-order valence-corrected chi connectivity index (χ3v) is 4.47. The second-order valence-electron chi connectivity index (χ2n) is 6.58. The molecule has 1 amide bonds. The van der Waals surface area contributed by atoms with Crippen LogP contribution in [0.2, 0.25) is 0 Å². The van der Waals surface area contributed by atoms with E-state index >= 15 is 0 Å². The van der Waals surface area contributed by atoms with Crippen molar-refractivity contribution in [2.75, 3.05) is 5.73 Å². The molecule has 1 saturated carbocycles. The van der Waals surface area contributed by atoms with E-state index in [0.717, 1.165) is 46.3 Å². The van der Waals surface area contributed by atoms with Gasteiger partial charge in [-0.25, -0.2) is 4.98 Å². The minimum Gasteiger partial charge on any atom is -0.397 e. The highest BCUT2D eigenvalue weighted by Crippen LogP contribution is 2.26. The first kappa shape index (κ1) is 14.8. The van der Waals surface area contributed by atoms with Crippen molar-refractivity contribution in [1.29, 1.82) is 0 Å². The Bertz CT molecular complexity index is 953. The highest BCUT2D eigenvalue weighted by Gasteiger charge is 2.24. The van der Waals surface area contributed by atoms with Crippen LogP contribution in [0.25, 0.3) is 16.7 Å². The first-order chi connectivity index (χ1) is 11.5. The molecule has 3 N–H and O–H groups in total. The zero-order valence-corrected chi connectivity index (χ0v) is 13.8. The van der Waals surface area contributed by atoms with Gasteiger partial charge in [-0.05, 0) is 68.1 Å². The number of aryl methyl sites for hydroxylation is 2. The number of rotatable bonds is 3. The molecule has 5 nitrogen and oxygen atoms in total. The average Bonchev–Trinajstić information content (AvgIpc) is 3.23. The molecule has 1 heterocycles. The van der Waals surface area contributed by atoms with Gasteiger partial charge in [-0.3, -0.25) is 9.36 Å². The van der Waals surface area contributed by atoms with Crippen LogP contribution >= 0.6 is 0 Å². The van der Waals surface area contributed by atoms with Gasteiger partial charge >= 0.3 is 0 Å². The molecule has 0 atom stereocenters. The summed E-state index contributed by atoms with van der Waals surface area (Å²) < 4.78 is 2.01. The van der Waals surface area contributed by atoms with Crippen molar-refractivity contribution in [3.8, 4) is 5.69 Å². The number of nitrogens with zero attached hydrogens (tertiary/aromatic N) is 2. The maximum absolute atomic E-state index is 12.3. The van der Waals surface area contributed by atoms with E-state index < -0.39 is 0 Å². The van der Waals surface area contributed by atoms with E-state index in [-0.39, 0.29) is 5.91 Å². The summed E-state index contributed by atoms with van der Waals surface area (Å²) in [5.41, 5.74) is 12.3. The van der Waals surface area contributed by atoms with Crippen LogP contribution in [-0.4, -0.2) is 21.5 Å². The van der Waals surface area contributed by atoms with E-state index in [1.165, 1.54) is 0 Å². The molecule has 122 valence electrons. The van der Waals surface area contributed by atoms with Crippen molar-refractivity contribution < 1.29 is 4.79 Å². The number of hydrogen-bond donors (Lipinski definition) is 2. The van der Waals surface area contributed by atoms with Gasteiger partial charge in [-0.1, -0.05) is 0 Å². The van der Waals surface area contributed by atoms with Crippen molar-refractivity contribution in [3.63, 3.8) is 0 Å². The number of fused-ring (bicyclic) bond motifs is 1. The molecule has 1 fully saturated rings. The van der Waals surface area contributed by atoms with Gasteiger partial charge in [0.15, 0.2) is 0 Å². The minimum absolute atomic E-state index is 0.0112. The molecule has 3 aromatic rings. The van der Waals surface area contributed by atoms with Crippen LogP contribution in [0.15, 0.2) is 36.7 Å². The number of carbonyl (C=O) groups is 1. The number of carbonyl (C=O) groups excluding carboxylic acids is 1. The fourth-order valence-corrected chi connectivity index (χ4v) is 3.04. The minimum atomic E-state index is 0.0112. The van der Waals surface area contributed by atoms with Gasteiger partial charge in [0.2, 0.25) is 0 Å². The Morgan fingerprint density at radius 1 is 1.25 bits per heavy atom. The van der Waals surface area contributed by atoms with Crippen LogP contribution in [0.3, 0.4) is 0 Å². The number of hydrogen-bond acceptors (Lipinski definition) is 3. The highest BCUT2D eigenvalue weighted by molar-refractivity contribution is 5.96. The zero-order valence-electron chi connectivity index (χ0n) is 13.8. The van der Waals surface area contributed by atoms with E-state index in [1.807, 2.05) is 42.7 Å². The number of benzene rings is 2. The van der Waals surface area contributed by atoms with Crippen LogP contribution in [0.5, 0.6) is 0 Å². The van der Waals surface area contributed by atoms with Crippen molar-refractivity contribution >= 4 is 22.6 Å². The normalized spacial score (nSPS) is 14.1. The van der Waals surface area contributed by atoms with Crippen molar-refractivity contribution in [2.24, 2.45) is 0 Å². The summed E-state index contributed by atoms with van der Waals surface area (Å²) in [5.74, 6) is 0.0112. The van der Waals surface area contributed by atoms with Gasteiger partial charge in [0.1, 0.15) is 11.8 Å². The van der Waals surface area contributed by atoms with E-state index in [2.05, 4.69) is 16.4 Å². The molecule has 5 heteroatoms. The van der Waals surface area contributed by atoms with Gasteiger partial charge < -0.3 is 11.1 Å². The maximum Gasteiger partial charge on any atom is 0.251 e. The number of amides is 1. The fraction of sp³-hybridized carbons (Fsp3) is 0.263. The summed E-state index contributed by atoms with van der Waals surface area (Å²) in [4.78, 5) is 16.7. The molecule has 0 saturated heterocycles. The maximum atomic E-state index is 12.3. The second-order valence-corrected chi connectivity index (χ2v) is 6.58. The number of anilines is 1. The molecule has 0 unspecified atom stereocenters. The molecule has 0 radical (unpaired) electrons. The molecule has 1 aliphatic rings. The first-order valence-electron chi connectivity index (χ1n) is 8.18. The van der Waals surface area contributed by atoms with E-state index in [1.54, 1.807) is 6.33 Å². The lowest BCUT2D eigenvalue weighted by molar-refractivity contribution is 0.0950. The lowest BCUT2D eigenvalue weighted by Gasteiger charge is -2.11. The lowest BCUT2D eigenvalue weighted by Crippen LogP contribution is -2.26. The number of imidazole rings is 1. The SMILES string of the molecule is Cc1cc(N)c2ncn(-c3ccc(C(=O)NC4CC4)c(C)c3)c2c1. The smallest absolute Gasteiger partial charge is 0.251 e. The lowest BCUT2D eigenvalue weighted by atomic mass is 10.1. The number of nitrogens with one attached hydrogen (secondary N) is 1. The average molecular weight is 320 g/mol. The highest BCUT2D eigenvalue weighted by atomic mass is 16.1. The Kier molecular flexibility index (Phi) is 3.30. The molecule has 24 heavy (non-hydrogen) atoms. The van der Waals surface area contributed by atoms with E-state index in [0.29, 0.717) is 11.7 Å². The number of nitrogen functional groups attached to an aromatic ring is 1. The van der Waals surface area contributed by atoms with Crippen LogP contribution < -0.4 is 11.1 Å². The van der Waals surface area contributed by atoms with E-state index in [9.17, 15) is 4.79 Å². The van der Waals surface area contributed by atoms with Gasteiger partial charge in [-0.2, -0.15) is 0 Å². The second kappa shape index (κ2) is 5.37. The predicted octanol–water partition coefficient (Wildman–Crippen LogP) is 3.12.